The summed E-state index contributed by atoms with van der Waals surface area (Å²) in [6, 6.07) is 8.67. The molecule has 0 bridgehead atoms. The van der Waals surface area contributed by atoms with Gasteiger partial charge in [-0.1, -0.05) is 19.9 Å². The summed E-state index contributed by atoms with van der Waals surface area (Å²) in [6.07, 6.45) is 1.98. The minimum Gasteiger partial charge on any atom is -0.361 e. The Bertz CT molecular complexity index is 473. The van der Waals surface area contributed by atoms with Crippen molar-refractivity contribution >= 4 is 10.9 Å². The molecular weight excluding hydrogens is 222 g/mol. The molecule has 0 aliphatic carbocycles. The van der Waals surface area contributed by atoms with Crippen molar-refractivity contribution in [1.82, 2.24) is 15.6 Å². The first-order valence-electron chi connectivity index (χ1n) is 6.73. The molecule has 0 unspecified atom stereocenters. The molecule has 3 nitrogen and oxygen atoms in total. The van der Waals surface area contributed by atoms with E-state index in [-0.39, 0.29) is 0 Å². The summed E-state index contributed by atoms with van der Waals surface area (Å²) in [7, 11) is 0. The molecule has 18 heavy (non-hydrogen) atoms. The van der Waals surface area contributed by atoms with Crippen molar-refractivity contribution in [3.05, 3.63) is 36.0 Å². The van der Waals surface area contributed by atoms with E-state index in [9.17, 15) is 0 Å². The summed E-state index contributed by atoms with van der Waals surface area (Å²) in [6.45, 7) is 8.53. The van der Waals surface area contributed by atoms with Gasteiger partial charge < -0.3 is 15.6 Å². The van der Waals surface area contributed by atoms with Crippen LogP contribution in [-0.2, 0) is 6.54 Å². The maximum Gasteiger partial charge on any atom is 0.0454 e. The Balaban J connectivity index is 1.70. The fourth-order valence-electron chi connectivity index (χ4n) is 2.01. The summed E-state index contributed by atoms with van der Waals surface area (Å²) < 4.78 is 0. The highest BCUT2D eigenvalue weighted by Crippen LogP contribution is 2.13. The lowest BCUT2D eigenvalue weighted by Gasteiger charge is -2.08. The predicted molar refractivity (Wildman–Crippen MR) is 77.7 cm³/mol. The van der Waals surface area contributed by atoms with Crippen LogP contribution in [0.2, 0.25) is 0 Å². The van der Waals surface area contributed by atoms with Gasteiger partial charge in [-0.2, -0.15) is 0 Å². The Hall–Kier alpha value is -1.32. The lowest BCUT2D eigenvalue weighted by Crippen LogP contribution is -2.29. The van der Waals surface area contributed by atoms with Gasteiger partial charge in [0.15, 0.2) is 0 Å². The van der Waals surface area contributed by atoms with Gasteiger partial charge in [0.2, 0.25) is 0 Å². The van der Waals surface area contributed by atoms with Crippen LogP contribution in [0.5, 0.6) is 0 Å². The van der Waals surface area contributed by atoms with Crippen molar-refractivity contribution in [1.29, 1.82) is 0 Å². The molecule has 3 heteroatoms. The highest BCUT2D eigenvalue weighted by Gasteiger charge is 1.97. The van der Waals surface area contributed by atoms with Crippen molar-refractivity contribution in [2.24, 2.45) is 5.92 Å². The number of benzene rings is 1. The Kier molecular flexibility index (Phi) is 4.79. The number of rotatable bonds is 7. The molecule has 0 saturated heterocycles. The molecule has 0 fully saturated rings. The van der Waals surface area contributed by atoms with Crippen LogP contribution in [0.3, 0.4) is 0 Å². The third kappa shape index (κ3) is 3.86. The van der Waals surface area contributed by atoms with E-state index < -0.39 is 0 Å². The summed E-state index contributed by atoms with van der Waals surface area (Å²) in [5, 5.41) is 8.17. The molecule has 0 spiro atoms. The van der Waals surface area contributed by atoms with Gasteiger partial charge >= 0.3 is 0 Å². The lowest BCUT2D eigenvalue weighted by atomic mass is 10.1. The summed E-state index contributed by atoms with van der Waals surface area (Å²) in [4.78, 5) is 3.21. The monoisotopic (exact) mass is 245 g/mol. The fraction of sp³-hybridized carbons (Fsp3) is 0.467. The Morgan fingerprint density at radius 2 is 1.94 bits per heavy atom. The maximum atomic E-state index is 3.46. The van der Waals surface area contributed by atoms with Crippen molar-refractivity contribution in [3.8, 4) is 0 Å². The van der Waals surface area contributed by atoms with E-state index in [1.165, 1.54) is 16.5 Å². The standard InChI is InChI=1S/C15H23N3/c1-12(2)10-16-7-8-17-11-13-3-4-15-14(9-13)5-6-18-15/h3-6,9,12,16-18H,7-8,10-11H2,1-2H3. The second-order valence-electron chi connectivity index (χ2n) is 5.17. The van der Waals surface area contributed by atoms with Gasteiger partial charge in [0.1, 0.15) is 0 Å². The highest BCUT2D eigenvalue weighted by atomic mass is 14.9. The molecular formula is C15H23N3. The van der Waals surface area contributed by atoms with Crippen molar-refractivity contribution in [2.75, 3.05) is 19.6 Å². The third-order valence-electron chi connectivity index (χ3n) is 2.98. The van der Waals surface area contributed by atoms with Crippen LogP contribution in [0.1, 0.15) is 19.4 Å². The fourth-order valence-corrected chi connectivity index (χ4v) is 2.01. The molecule has 2 rings (SSSR count). The molecule has 2 aromatic rings. The SMILES string of the molecule is CC(C)CNCCNCc1ccc2[nH]ccc2c1. The molecule has 0 saturated carbocycles. The average Bonchev–Trinajstić information content (AvgIpc) is 2.80. The van der Waals surface area contributed by atoms with Crippen LogP contribution < -0.4 is 10.6 Å². The average molecular weight is 245 g/mol. The second-order valence-corrected chi connectivity index (χ2v) is 5.17. The summed E-state index contributed by atoms with van der Waals surface area (Å²) >= 11 is 0. The van der Waals surface area contributed by atoms with E-state index in [0.29, 0.717) is 0 Å². The maximum absolute atomic E-state index is 3.46. The number of aromatic nitrogens is 1. The van der Waals surface area contributed by atoms with Crippen LogP contribution >= 0.6 is 0 Å². The van der Waals surface area contributed by atoms with E-state index in [0.717, 1.165) is 32.1 Å². The zero-order valence-corrected chi connectivity index (χ0v) is 11.3. The Morgan fingerprint density at radius 1 is 1.11 bits per heavy atom. The van der Waals surface area contributed by atoms with Gasteiger partial charge in [-0.25, -0.2) is 0 Å². The quantitative estimate of drug-likeness (QED) is 0.656. The van der Waals surface area contributed by atoms with Gasteiger partial charge in [0.25, 0.3) is 0 Å². The molecule has 0 amide bonds. The van der Waals surface area contributed by atoms with E-state index in [1.807, 2.05) is 6.20 Å². The molecule has 1 heterocycles. The Labute approximate surface area is 109 Å². The number of aromatic amines is 1. The van der Waals surface area contributed by atoms with Crippen LogP contribution in [0.15, 0.2) is 30.5 Å². The van der Waals surface area contributed by atoms with Gasteiger partial charge in [-0.05, 0) is 41.6 Å². The smallest absolute Gasteiger partial charge is 0.0454 e. The van der Waals surface area contributed by atoms with E-state index >= 15 is 0 Å². The largest absolute Gasteiger partial charge is 0.361 e. The number of fused-ring (bicyclic) bond motifs is 1. The van der Waals surface area contributed by atoms with Crippen LogP contribution in [-0.4, -0.2) is 24.6 Å². The van der Waals surface area contributed by atoms with Crippen LogP contribution in [0, 0.1) is 5.92 Å². The molecule has 0 atom stereocenters. The van der Waals surface area contributed by atoms with Crippen molar-refractivity contribution < 1.29 is 0 Å². The highest BCUT2D eigenvalue weighted by molar-refractivity contribution is 5.79. The van der Waals surface area contributed by atoms with Gasteiger partial charge in [0.05, 0.1) is 0 Å². The van der Waals surface area contributed by atoms with E-state index in [2.05, 4.69) is 53.7 Å². The van der Waals surface area contributed by atoms with Gasteiger partial charge in [0, 0.05) is 31.3 Å². The molecule has 0 aliphatic rings. The minimum atomic E-state index is 0.723. The summed E-state index contributed by atoms with van der Waals surface area (Å²) in [5.74, 6) is 0.723. The molecule has 0 radical (unpaired) electrons. The Morgan fingerprint density at radius 3 is 2.78 bits per heavy atom. The molecule has 98 valence electrons. The first-order valence-corrected chi connectivity index (χ1v) is 6.73. The first kappa shape index (κ1) is 13.1. The second kappa shape index (κ2) is 6.57. The molecule has 3 N–H and O–H groups in total. The van der Waals surface area contributed by atoms with E-state index in [1.54, 1.807) is 0 Å². The normalized spacial score (nSPS) is 11.5. The first-order chi connectivity index (χ1) is 8.75. The number of H-pyrrole nitrogens is 1. The number of nitrogens with one attached hydrogen (secondary N) is 3. The predicted octanol–water partition coefficient (Wildman–Crippen LogP) is 2.50. The zero-order chi connectivity index (χ0) is 12.8. The molecule has 1 aromatic heterocycles. The van der Waals surface area contributed by atoms with Gasteiger partial charge in [-0.3, -0.25) is 0 Å². The topological polar surface area (TPSA) is 39.8 Å². The molecule has 0 aliphatic heterocycles. The third-order valence-corrected chi connectivity index (χ3v) is 2.98. The number of hydrogen-bond donors (Lipinski definition) is 3. The minimum absolute atomic E-state index is 0.723. The van der Waals surface area contributed by atoms with Crippen LogP contribution in [0.25, 0.3) is 10.9 Å². The molecule has 1 aromatic carbocycles. The summed E-state index contributed by atoms with van der Waals surface area (Å²) in [5.41, 5.74) is 2.54. The van der Waals surface area contributed by atoms with Crippen molar-refractivity contribution in [2.45, 2.75) is 20.4 Å². The van der Waals surface area contributed by atoms with E-state index in [4.69, 9.17) is 0 Å². The van der Waals surface area contributed by atoms with Gasteiger partial charge in [-0.15, -0.1) is 0 Å². The zero-order valence-electron chi connectivity index (χ0n) is 11.3. The lowest BCUT2D eigenvalue weighted by molar-refractivity contribution is 0.535. The van der Waals surface area contributed by atoms with Crippen molar-refractivity contribution in [3.63, 3.8) is 0 Å². The van der Waals surface area contributed by atoms with Crippen LogP contribution in [0.4, 0.5) is 0 Å². The number of hydrogen-bond acceptors (Lipinski definition) is 2.